The first-order valence-corrected chi connectivity index (χ1v) is 6.59. The molecule has 1 aliphatic rings. The van der Waals surface area contributed by atoms with Crippen LogP contribution in [-0.2, 0) is 16.6 Å². The highest BCUT2D eigenvalue weighted by molar-refractivity contribution is 7.89. The maximum absolute atomic E-state index is 11.7. The first-order chi connectivity index (χ1) is 7.58. The van der Waals surface area contributed by atoms with Crippen molar-refractivity contribution in [1.29, 1.82) is 0 Å². The molecule has 2 heterocycles. The number of nitrogens with one attached hydrogen (secondary N) is 1. The molecule has 0 saturated heterocycles. The lowest BCUT2D eigenvalue weighted by Gasteiger charge is -2.15. The zero-order valence-electron chi connectivity index (χ0n) is 8.14. The SMILES string of the molecule is O=S1(=O)NCCn2c1nc1ccc(Cl)cc12. The molecule has 3 rings (SSSR count). The zero-order chi connectivity index (χ0) is 11.3. The summed E-state index contributed by atoms with van der Waals surface area (Å²) in [5.41, 5.74) is 1.40. The molecule has 0 aliphatic carbocycles. The van der Waals surface area contributed by atoms with E-state index in [1.807, 2.05) is 0 Å². The van der Waals surface area contributed by atoms with Crippen molar-refractivity contribution >= 4 is 32.7 Å². The van der Waals surface area contributed by atoms with Crippen molar-refractivity contribution in [3.8, 4) is 0 Å². The number of hydrogen-bond acceptors (Lipinski definition) is 3. The fraction of sp³-hybridized carbons (Fsp3) is 0.222. The van der Waals surface area contributed by atoms with E-state index in [4.69, 9.17) is 11.6 Å². The summed E-state index contributed by atoms with van der Waals surface area (Å²) in [5, 5.41) is 0.641. The van der Waals surface area contributed by atoms with Gasteiger partial charge in [0, 0.05) is 18.1 Å². The van der Waals surface area contributed by atoms with Crippen LogP contribution in [0.2, 0.25) is 5.02 Å². The summed E-state index contributed by atoms with van der Waals surface area (Å²) in [6.07, 6.45) is 0. The lowest BCUT2D eigenvalue weighted by molar-refractivity contribution is 0.521. The zero-order valence-corrected chi connectivity index (χ0v) is 9.72. The van der Waals surface area contributed by atoms with Crippen LogP contribution < -0.4 is 4.72 Å². The number of sulfonamides is 1. The highest BCUT2D eigenvalue weighted by Gasteiger charge is 2.27. The topological polar surface area (TPSA) is 64.0 Å². The van der Waals surface area contributed by atoms with Crippen molar-refractivity contribution < 1.29 is 8.42 Å². The van der Waals surface area contributed by atoms with Crippen LogP contribution >= 0.6 is 11.6 Å². The summed E-state index contributed by atoms with van der Waals surface area (Å²) >= 11 is 5.88. The highest BCUT2D eigenvalue weighted by Crippen LogP contribution is 2.24. The predicted octanol–water partition coefficient (Wildman–Crippen LogP) is 0.982. The largest absolute Gasteiger partial charge is 0.312 e. The van der Waals surface area contributed by atoms with Gasteiger partial charge in [0.05, 0.1) is 11.0 Å². The van der Waals surface area contributed by atoms with Crippen LogP contribution in [0.3, 0.4) is 0 Å². The molecule has 0 atom stereocenters. The minimum absolute atomic E-state index is 0.0658. The van der Waals surface area contributed by atoms with E-state index in [2.05, 4.69) is 9.71 Å². The second-order valence-corrected chi connectivity index (χ2v) is 5.67. The molecule has 0 radical (unpaired) electrons. The Balaban J connectivity index is 2.42. The van der Waals surface area contributed by atoms with Crippen molar-refractivity contribution in [2.24, 2.45) is 0 Å². The van der Waals surface area contributed by atoms with Gasteiger partial charge in [-0.15, -0.1) is 0 Å². The molecule has 0 unspecified atom stereocenters. The molecule has 0 saturated carbocycles. The van der Waals surface area contributed by atoms with Gasteiger partial charge in [-0.05, 0) is 18.2 Å². The van der Waals surface area contributed by atoms with Gasteiger partial charge in [-0.2, -0.15) is 0 Å². The number of hydrogen-bond donors (Lipinski definition) is 1. The van der Waals surface area contributed by atoms with Gasteiger partial charge >= 0.3 is 0 Å². The number of fused-ring (bicyclic) bond motifs is 3. The van der Waals surface area contributed by atoms with Gasteiger partial charge in [-0.1, -0.05) is 11.6 Å². The molecular weight excluding hydrogens is 250 g/mol. The molecule has 0 bridgehead atoms. The fourth-order valence-electron chi connectivity index (χ4n) is 1.85. The van der Waals surface area contributed by atoms with Crippen molar-refractivity contribution in [2.45, 2.75) is 11.7 Å². The highest BCUT2D eigenvalue weighted by atomic mass is 35.5. The molecule has 1 aliphatic heterocycles. The Morgan fingerprint density at radius 3 is 3.06 bits per heavy atom. The molecule has 2 aromatic rings. The first-order valence-electron chi connectivity index (χ1n) is 4.73. The Morgan fingerprint density at radius 2 is 2.25 bits per heavy atom. The number of nitrogens with zero attached hydrogens (tertiary/aromatic N) is 2. The monoisotopic (exact) mass is 257 g/mol. The first kappa shape index (κ1) is 10.1. The van der Waals surface area contributed by atoms with Gasteiger partial charge in [-0.3, -0.25) is 0 Å². The number of aromatic nitrogens is 2. The molecule has 1 N–H and O–H groups in total. The third kappa shape index (κ3) is 1.34. The normalized spacial score (nSPS) is 18.6. The van der Waals surface area contributed by atoms with Crippen LogP contribution in [0.25, 0.3) is 11.0 Å². The van der Waals surface area contributed by atoms with E-state index in [0.29, 0.717) is 23.6 Å². The third-order valence-corrected chi connectivity index (χ3v) is 4.15. The van der Waals surface area contributed by atoms with Gasteiger partial charge in [0.25, 0.3) is 10.0 Å². The lowest BCUT2D eigenvalue weighted by atomic mass is 10.3. The summed E-state index contributed by atoms with van der Waals surface area (Å²) < 4.78 is 27.5. The van der Waals surface area contributed by atoms with Crippen molar-refractivity contribution in [3.05, 3.63) is 23.2 Å². The van der Waals surface area contributed by atoms with Crippen LogP contribution in [0.15, 0.2) is 23.4 Å². The van der Waals surface area contributed by atoms with Gasteiger partial charge in [0.2, 0.25) is 5.16 Å². The van der Waals surface area contributed by atoms with E-state index in [0.717, 1.165) is 5.52 Å². The molecule has 84 valence electrons. The number of imidazole rings is 1. The van der Waals surface area contributed by atoms with E-state index in [1.165, 1.54) is 0 Å². The number of rotatable bonds is 0. The predicted molar refractivity (Wildman–Crippen MR) is 59.9 cm³/mol. The standard InChI is InChI=1S/C9H8ClN3O2S/c10-6-1-2-7-8(5-6)13-4-3-11-16(14,15)9(13)12-7/h1-2,5,11H,3-4H2. The summed E-state index contributed by atoms with van der Waals surface area (Å²) in [5.74, 6) is 0. The van der Waals surface area contributed by atoms with E-state index in [-0.39, 0.29) is 5.16 Å². The van der Waals surface area contributed by atoms with Gasteiger partial charge in [-0.25, -0.2) is 18.1 Å². The molecule has 5 nitrogen and oxygen atoms in total. The Bertz CT molecular complexity index is 677. The minimum atomic E-state index is -3.46. The van der Waals surface area contributed by atoms with Crippen LogP contribution in [0, 0.1) is 0 Å². The summed E-state index contributed by atoms with van der Waals surface area (Å²) in [7, 11) is -3.46. The molecule has 0 spiro atoms. The Kier molecular flexibility index (Phi) is 2.01. The summed E-state index contributed by atoms with van der Waals surface area (Å²) in [6.45, 7) is 0.957. The average Bonchev–Trinajstić information content (AvgIpc) is 2.58. The summed E-state index contributed by atoms with van der Waals surface area (Å²) in [6, 6.07) is 5.15. The second kappa shape index (κ2) is 3.19. The number of halogens is 1. The fourth-order valence-corrected chi connectivity index (χ4v) is 3.21. The second-order valence-electron chi connectivity index (χ2n) is 3.58. The van der Waals surface area contributed by atoms with E-state index in [9.17, 15) is 8.42 Å². The summed E-state index contributed by atoms with van der Waals surface area (Å²) in [4.78, 5) is 4.10. The molecule has 16 heavy (non-hydrogen) atoms. The van der Waals surface area contributed by atoms with Crippen LogP contribution in [-0.4, -0.2) is 24.5 Å². The van der Waals surface area contributed by atoms with Crippen molar-refractivity contribution in [1.82, 2.24) is 14.3 Å². The maximum Gasteiger partial charge on any atom is 0.274 e. The molecule has 0 amide bonds. The Labute approximate surface area is 97.1 Å². The van der Waals surface area contributed by atoms with Gasteiger partial charge < -0.3 is 4.57 Å². The maximum atomic E-state index is 11.7. The molecule has 1 aromatic heterocycles. The quantitative estimate of drug-likeness (QED) is 0.765. The molecule has 1 aromatic carbocycles. The van der Waals surface area contributed by atoms with Crippen LogP contribution in [0.4, 0.5) is 0 Å². The van der Waals surface area contributed by atoms with Crippen molar-refractivity contribution in [2.75, 3.05) is 6.54 Å². The van der Waals surface area contributed by atoms with E-state index < -0.39 is 10.0 Å². The Morgan fingerprint density at radius 1 is 1.44 bits per heavy atom. The lowest BCUT2D eigenvalue weighted by Crippen LogP contribution is -2.35. The average molecular weight is 258 g/mol. The van der Waals surface area contributed by atoms with E-state index >= 15 is 0 Å². The van der Waals surface area contributed by atoms with Crippen LogP contribution in [0.1, 0.15) is 0 Å². The third-order valence-electron chi connectivity index (χ3n) is 2.54. The van der Waals surface area contributed by atoms with E-state index in [1.54, 1.807) is 22.8 Å². The van der Waals surface area contributed by atoms with Crippen molar-refractivity contribution in [3.63, 3.8) is 0 Å². The Hall–Kier alpha value is -1.11. The molecular formula is C9H8ClN3O2S. The smallest absolute Gasteiger partial charge is 0.274 e. The molecule has 7 heteroatoms. The van der Waals surface area contributed by atoms with Gasteiger partial charge in [0.1, 0.15) is 0 Å². The van der Waals surface area contributed by atoms with Gasteiger partial charge in [0.15, 0.2) is 0 Å². The molecule has 0 fully saturated rings. The number of benzene rings is 1. The minimum Gasteiger partial charge on any atom is -0.312 e. The van der Waals surface area contributed by atoms with Crippen LogP contribution in [0.5, 0.6) is 0 Å².